The van der Waals surface area contributed by atoms with Gasteiger partial charge in [-0.2, -0.15) is 0 Å². The number of methoxy groups -OCH3 is 1. The molecular formula is C29H44N6O5S. The number of aromatic nitrogens is 1. The van der Waals surface area contributed by atoms with Crippen molar-refractivity contribution in [1.82, 2.24) is 10.3 Å². The minimum Gasteiger partial charge on any atom is -0.473 e. The average Bonchev–Trinajstić information content (AvgIpc) is 3.00. The summed E-state index contributed by atoms with van der Waals surface area (Å²) in [6.45, 7) is 12.2. The number of hydrogen-bond acceptors (Lipinski definition) is 10. The van der Waals surface area contributed by atoms with E-state index >= 15 is 0 Å². The molecule has 1 fully saturated rings. The van der Waals surface area contributed by atoms with E-state index in [1.54, 1.807) is 25.4 Å². The lowest BCUT2D eigenvalue weighted by molar-refractivity contribution is -0.149. The van der Waals surface area contributed by atoms with Crippen molar-refractivity contribution in [3.63, 3.8) is 0 Å². The number of pyridine rings is 1. The number of ether oxygens (including phenoxy) is 2. The van der Waals surface area contributed by atoms with Crippen LogP contribution in [0, 0.1) is 0 Å². The summed E-state index contributed by atoms with van der Waals surface area (Å²) in [6.07, 6.45) is 6.74. The zero-order valence-corrected chi connectivity index (χ0v) is 25.6. The maximum atomic E-state index is 11.9. The molecule has 1 aromatic carbocycles. The van der Waals surface area contributed by atoms with Gasteiger partial charge in [-0.05, 0) is 63.5 Å². The molecule has 1 aromatic heterocycles. The minimum atomic E-state index is -1.58. The van der Waals surface area contributed by atoms with E-state index in [0.29, 0.717) is 28.2 Å². The van der Waals surface area contributed by atoms with Gasteiger partial charge in [-0.15, -0.1) is 12.6 Å². The molecule has 0 saturated carbocycles. The van der Waals surface area contributed by atoms with Crippen molar-refractivity contribution < 1.29 is 23.9 Å². The van der Waals surface area contributed by atoms with Gasteiger partial charge in [0, 0.05) is 42.1 Å². The molecule has 2 aromatic rings. The van der Waals surface area contributed by atoms with Gasteiger partial charge in [0.1, 0.15) is 5.76 Å². The Bertz CT molecular complexity index is 1140. The number of amides is 2. The summed E-state index contributed by atoms with van der Waals surface area (Å²) in [6, 6.07) is 9.24. The van der Waals surface area contributed by atoms with Crippen molar-refractivity contribution in [2.24, 2.45) is 22.2 Å². The van der Waals surface area contributed by atoms with Crippen LogP contribution in [0.5, 0.6) is 0 Å². The summed E-state index contributed by atoms with van der Waals surface area (Å²) < 4.78 is 10.1. The van der Waals surface area contributed by atoms with Gasteiger partial charge in [-0.1, -0.05) is 26.3 Å². The summed E-state index contributed by atoms with van der Waals surface area (Å²) in [5.74, 6) is -0.0868. The fraction of sp³-hybridized carbons (Fsp3) is 0.345. The van der Waals surface area contributed by atoms with E-state index in [0.717, 1.165) is 23.4 Å². The van der Waals surface area contributed by atoms with Gasteiger partial charge in [0.2, 0.25) is 12.0 Å². The standard InChI is InChI=1S/C21H20N4O3S.C3H8O.C3H8.CH3NO.CH5N/c1-21(12-26)20(27)25-11-15(28-21)7-14(10-22)13-8-16(17-5-3-4-6-24-17)19(29)18(9-13)23-2;1-3-4-2;1-3-2;2-1-3;1-2/h3-10,12,29H,2,11,22H2,1H3,(H,25,27);3H2,1-2H3;3H2,1-2H3;1H,(H2,2,3);2H2,1H3/b14-10+,15-7+;;;;. The third kappa shape index (κ3) is 13.3. The lowest BCUT2D eigenvalue weighted by Gasteiger charge is -2.30. The highest BCUT2D eigenvalue weighted by Crippen LogP contribution is 2.37. The maximum Gasteiger partial charge on any atom is 0.271 e. The van der Waals surface area contributed by atoms with Gasteiger partial charge in [0.25, 0.3) is 5.91 Å². The number of benzene rings is 1. The molecule has 0 aliphatic carbocycles. The smallest absolute Gasteiger partial charge is 0.271 e. The highest BCUT2D eigenvalue weighted by atomic mass is 32.1. The molecule has 0 bridgehead atoms. The first kappa shape index (κ1) is 39.1. The molecule has 12 heteroatoms. The molecule has 1 aliphatic rings. The van der Waals surface area contributed by atoms with E-state index in [4.69, 9.17) is 15.3 Å². The molecule has 1 aliphatic heterocycles. The molecule has 41 heavy (non-hydrogen) atoms. The van der Waals surface area contributed by atoms with Crippen molar-refractivity contribution >= 4 is 49.2 Å². The summed E-state index contributed by atoms with van der Waals surface area (Å²) in [7, 11) is 3.18. The van der Waals surface area contributed by atoms with Crippen LogP contribution in [0.25, 0.3) is 16.8 Å². The Balaban J connectivity index is 0. The minimum absolute atomic E-state index is 0.143. The van der Waals surface area contributed by atoms with Gasteiger partial charge in [-0.25, -0.2) is 0 Å². The van der Waals surface area contributed by atoms with Crippen molar-refractivity contribution in [3.8, 4) is 11.3 Å². The Morgan fingerprint density at radius 3 is 2.27 bits per heavy atom. The molecule has 2 amide bonds. The predicted molar refractivity (Wildman–Crippen MR) is 169 cm³/mol. The lowest BCUT2D eigenvalue weighted by Crippen LogP contribution is -2.53. The molecular weight excluding hydrogens is 544 g/mol. The fourth-order valence-corrected chi connectivity index (χ4v) is 3.19. The highest BCUT2D eigenvalue weighted by molar-refractivity contribution is 7.80. The summed E-state index contributed by atoms with van der Waals surface area (Å²) in [5, 5.41) is 2.64. The largest absolute Gasteiger partial charge is 0.473 e. The second-order valence-electron chi connectivity index (χ2n) is 7.93. The molecule has 0 spiro atoms. The number of carbonyl (C=O) groups excluding carboxylic acids is 3. The highest BCUT2D eigenvalue weighted by Gasteiger charge is 2.39. The average molecular weight is 589 g/mol. The second kappa shape index (κ2) is 22.8. The number of rotatable bonds is 6. The molecule has 1 atom stereocenters. The third-order valence-corrected chi connectivity index (χ3v) is 5.23. The van der Waals surface area contributed by atoms with E-state index in [1.165, 1.54) is 26.6 Å². The lowest BCUT2D eigenvalue weighted by atomic mass is 9.99. The van der Waals surface area contributed by atoms with Crippen LogP contribution < -0.4 is 22.5 Å². The number of aldehydes is 1. The van der Waals surface area contributed by atoms with Crippen LogP contribution in [0.15, 0.2) is 64.5 Å². The summed E-state index contributed by atoms with van der Waals surface area (Å²) in [4.78, 5) is 40.8. The van der Waals surface area contributed by atoms with Crippen LogP contribution in [0.3, 0.4) is 0 Å². The van der Waals surface area contributed by atoms with Crippen LogP contribution in [-0.4, -0.2) is 63.2 Å². The number of nitrogens with zero attached hydrogens (tertiary/aromatic N) is 2. The van der Waals surface area contributed by atoms with Crippen LogP contribution in [0.2, 0.25) is 0 Å². The number of nitrogens with two attached hydrogens (primary N) is 3. The molecule has 1 saturated heterocycles. The zero-order chi connectivity index (χ0) is 31.8. The van der Waals surface area contributed by atoms with Crippen LogP contribution in [0.4, 0.5) is 5.69 Å². The van der Waals surface area contributed by atoms with Gasteiger partial charge in [0.15, 0.2) is 6.29 Å². The molecule has 0 radical (unpaired) electrons. The Morgan fingerprint density at radius 1 is 1.24 bits per heavy atom. The molecule has 3 rings (SSSR count). The van der Waals surface area contributed by atoms with E-state index in [2.05, 4.69) is 64.7 Å². The number of nitrogens with one attached hydrogen (secondary N) is 1. The predicted octanol–water partition coefficient (Wildman–Crippen LogP) is 3.40. The first-order valence-electron chi connectivity index (χ1n) is 12.7. The molecule has 7 N–H and O–H groups in total. The van der Waals surface area contributed by atoms with Crippen LogP contribution in [0.1, 0.15) is 39.7 Å². The molecule has 2 heterocycles. The zero-order valence-electron chi connectivity index (χ0n) is 24.7. The Hall–Kier alpha value is -4.00. The van der Waals surface area contributed by atoms with Crippen molar-refractivity contribution in [2.75, 3.05) is 27.3 Å². The number of hydrogen-bond donors (Lipinski definition) is 5. The topological polar surface area (TPSA) is 185 Å². The van der Waals surface area contributed by atoms with Gasteiger partial charge in [-0.3, -0.25) is 24.4 Å². The quantitative estimate of drug-likeness (QED) is 0.147. The fourth-order valence-electron chi connectivity index (χ4n) is 2.88. The van der Waals surface area contributed by atoms with E-state index < -0.39 is 11.5 Å². The number of thiol groups is 1. The normalized spacial score (nSPS) is 16.2. The molecule has 226 valence electrons. The first-order chi connectivity index (χ1) is 19.7. The Kier molecular flexibility index (Phi) is 21.7. The number of allylic oxidation sites excluding steroid dienone is 2. The SMILES string of the molecule is C=Nc1cc(C(/C=C2\CNC(=O)C(C)(C=O)O2)=C/N)cc(-c2ccccn2)c1S.CCC.CCOC.CN.NC=O. The Morgan fingerprint density at radius 2 is 1.83 bits per heavy atom. The Labute approximate surface area is 248 Å². The first-order valence-corrected chi connectivity index (χ1v) is 13.1. The number of primary amides is 1. The van der Waals surface area contributed by atoms with E-state index in [1.807, 2.05) is 31.2 Å². The monoisotopic (exact) mass is 588 g/mol. The van der Waals surface area contributed by atoms with E-state index in [9.17, 15) is 9.59 Å². The van der Waals surface area contributed by atoms with E-state index in [-0.39, 0.29) is 13.0 Å². The number of morpholine rings is 1. The molecule has 1 unspecified atom stereocenters. The summed E-state index contributed by atoms with van der Waals surface area (Å²) >= 11 is 4.57. The second-order valence-corrected chi connectivity index (χ2v) is 8.37. The summed E-state index contributed by atoms with van der Waals surface area (Å²) in [5.41, 5.74) is 16.4. The van der Waals surface area contributed by atoms with Gasteiger partial charge >= 0.3 is 0 Å². The molecule has 11 nitrogen and oxygen atoms in total. The van der Waals surface area contributed by atoms with Gasteiger partial charge < -0.3 is 32.0 Å². The van der Waals surface area contributed by atoms with Crippen molar-refractivity contribution in [2.45, 2.75) is 44.6 Å². The van der Waals surface area contributed by atoms with Crippen molar-refractivity contribution in [1.29, 1.82) is 0 Å². The van der Waals surface area contributed by atoms with Crippen molar-refractivity contribution in [3.05, 3.63) is 60.1 Å². The van der Waals surface area contributed by atoms with Crippen LogP contribution in [-0.2, 0) is 23.9 Å². The number of carbonyl (C=O) groups is 3. The van der Waals surface area contributed by atoms with Gasteiger partial charge in [0.05, 0.1) is 17.9 Å². The third-order valence-electron chi connectivity index (χ3n) is 4.76. The number of aliphatic imine (C=N–C) groups is 1. The van der Waals surface area contributed by atoms with Crippen LogP contribution >= 0.6 is 12.6 Å². The maximum absolute atomic E-state index is 11.9.